The molecule has 10 heteroatoms. The zero-order valence-corrected chi connectivity index (χ0v) is 16.6. The van der Waals surface area contributed by atoms with Crippen molar-refractivity contribution in [1.82, 2.24) is 5.32 Å². The Balaban J connectivity index is 2.24. The number of nitro benzene ring substituents is 1. The molecular weight excluding hydrogens is 394 g/mol. The second-order valence-electron chi connectivity index (χ2n) is 6.28. The monoisotopic (exact) mass is 415 g/mol. The summed E-state index contributed by atoms with van der Waals surface area (Å²) in [6.45, 7) is 1.34. The molecule has 0 bridgehead atoms. The van der Waals surface area contributed by atoms with E-state index >= 15 is 0 Å². The molecule has 0 aliphatic heterocycles. The normalized spacial score (nSPS) is 11.2. The lowest BCUT2D eigenvalue weighted by atomic mass is 10.0. The van der Waals surface area contributed by atoms with Crippen molar-refractivity contribution in [2.24, 2.45) is 0 Å². The molecule has 2 aromatic carbocycles. The quantitative estimate of drug-likeness (QED) is 0.382. The maximum absolute atomic E-state index is 12.6. The molecule has 0 spiro atoms. The smallest absolute Gasteiger partial charge is 0.328 e. The number of hydrogen-bond donors (Lipinski definition) is 2. The van der Waals surface area contributed by atoms with E-state index in [4.69, 9.17) is 9.47 Å². The van der Waals surface area contributed by atoms with Crippen LogP contribution in [0.5, 0.6) is 5.75 Å². The van der Waals surface area contributed by atoms with E-state index < -0.39 is 22.8 Å². The standard InChI is InChI=1S/C20H21N3O7/c1-12(24)21-15-6-4-5-14(11-15)19(25)22-16(20(26)30-3)9-13-7-8-18(29-2)17(10-13)23(27)28/h4-8,10-11,16H,9H2,1-3H3,(H,21,24)(H,22,25)/t16-/m1/s1. The largest absolute Gasteiger partial charge is 0.490 e. The summed E-state index contributed by atoms with van der Waals surface area (Å²) in [6, 6.07) is 9.35. The van der Waals surface area contributed by atoms with Crippen molar-refractivity contribution in [3.63, 3.8) is 0 Å². The molecule has 0 aliphatic carbocycles. The maximum atomic E-state index is 12.6. The molecule has 0 aromatic heterocycles. The molecule has 2 rings (SSSR count). The van der Waals surface area contributed by atoms with Crippen LogP contribution in [0.1, 0.15) is 22.8 Å². The van der Waals surface area contributed by atoms with Crippen molar-refractivity contribution in [2.45, 2.75) is 19.4 Å². The first-order valence-corrected chi connectivity index (χ1v) is 8.82. The van der Waals surface area contributed by atoms with Crippen molar-refractivity contribution in [2.75, 3.05) is 19.5 Å². The molecule has 158 valence electrons. The molecule has 0 unspecified atom stereocenters. The number of hydrogen-bond acceptors (Lipinski definition) is 7. The van der Waals surface area contributed by atoms with Crippen LogP contribution >= 0.6 is 0 Å². The Kier molecular flexibility index (Phi) is 7.45. The van der Waals surface area contributed by atoms with Gasteiger partial charge in [0.15, 0.2) is 5.75 Å². The van der Waals surface area contributed by atoms with Gasteiger partial charge in [0.2, 0.25) is 5.91 Å². The molecule has 0 saturated carbocycles. The number of methoxy groups -OCH3 is 2. The number of nitrogens with one attached hydrogen (secondary N) is 2. The third kappa shape index (κ3) is 5.77. The van der Waals surface area contributed by atoms with Gasteiger partial charge in [0.25, 0.3) is 5.91 Å². The van der Waals surface area contributed by atoms with Gasteiger partial charge in [0.1, 0.15) is 6.04 Å². The number of nitrogens with zero attached hydrogens (tertiary/aromatic N) is 1. The van der Waals surface area contributed by atoms with Gasteiger partial charge in [-0.15, -0.1) is 0 Å². The van der Waals surface area contributed by atoms with Gasteiger partial charge in [-0.3, -0.25) is 19.7 Å². The Morgan fingerprint density at radius 3 is 2.47 bits per heavy atom. The van der Waals surface area contributed by atoms with Crippen LogP contribution in [0.4, 0.5) is 11.4 Å². The molecule has 0 saturated heterocycles. The number of carbonyl (C=O) groups excluding carboxylic acids is 3. The fraction of sp³-hybridized carbons (Fsp3) is 0.250. The van der Waals surface area contributed by atoms with E-state index in [1.54, 1.807) is 18.2 Å². The minimum Gasteiger partial charge on any atom is -0.490 e. The number of anilines is 1. The minimum absolute atomic E-state index is 0.0331. The van der Waals surface area contributed by atoms with Crippen LogP contribution in [-0.4, -0.2) is 43.0 Å². The second kappa shape index (κ2) is 10.0. The van der Waals surface area contributed by atoms with Gasteiger partial charge in [-0.25, -0.2) is 4.79 Å². The van der Waals surface area contributed by atoms with Gasteiger partial charge in [0, 0.05) is 30.7 Å². The lowest BCUT2D eigenvalue weighted by molar-refractivity contribution is -0.385. The Bertz CT molecular complexity index is 975. The molecule has 2 aromatic rings. The van der Waals surface area contributed by atoms with Gasteiger partial charge >= 0.3 is 11.7 Å². The molecule has 2 N–H and O–H groups in total. The summed E-state index contributed by atoms with van der Waals surface area (Å²) >= 11 is 0. The van der Waals surface area contributed by atoms with Gasteiger partial charge in [-0.05, 0) is 29.8 Å². The molecule has 0 aliphatic rings. The third-order valence-corrected chi connectivity index (χ3v) is 4.12. The van der Waals surface area contributed by atoms with Crippen molar-refractivity contribution in [1.29, 1.82) is 0 Å². The van der Waals surface area contributed by atoms with Crippen LogP contribution in [0, 0.1) is 10.1 Å². The van der Waals surface area contributed by atoms with E-state index in [0.29, 0.717) is 11.3 Å². The van der Waals surface area contributed by atoms with Gasteiger partial charge in [0.05, 0.1) is 19.1 Å². The summed E-state index contributed by atoms with van der Waals surface area (Å²) in [7, 11) is 2.49. The van der Waals surface area contributed by atoms with Crippen molar-refractivity contribution in [3.05, 3.63) is 63.7 Å². The highest BCUT2D eigenvalue weighted by atomic mass is 16.6. The summed E-state index contributed by atoms with van der Waals surface area (Å²) in [4.78, 5) is 46.6. The highest BCUT2D eigenvalue weighted by Crippen LogP contribution is 2.28. The average Bonchev–Trinajstić information content (AvgIpc) is 2.72. The van der Waals surface area contributed by atoms with Gasteiger partial charge in [-0.1, -0.05) is 12.1 Å². The number of amides is 2. The summed E-state index contributed by atoms with van der Waals surface area (Å²) in [5.74, 6) is -1.49. The van der Waals surface area contributed by atoms with Gasteiger partial charge < -0.3 is 20.1 Å². The Hall–Kier alpha value is -3.95. The highest BCUT2D eigenvalue weighted by Gasteiger charge is 2.24. The molecule has 0 heterocycles. The number of rotatable bonds is 8. The third-order valence-electron chi connectivity index (χ3n) is 4.12. The summed E-state index contributed by atoms with van der Waals surface area (Å²) in [6.07, 6.45) is -0.0331. The molecule has 0 fully saturated rings. The van der Waals surface area contributed by atoms with Crippen molar-refractivity contribution < 1.29 is 28.8 Å². The summed E-state index contributed by atoms with van der Waals surface area (Å²) in [5, 5.41) is 16.3. The molecule has 30 heavy (non-hydrogen) atoms. The Labute approximate surface area is 172 Å². The zero-order chi connectivity index (χ0) is 22.3. The molecule has 0 radical (unpaired) electrons. The second-order valence-corrected chi connectivity index (χ2v) is 6.28. The number of benzene rings is 2. The van der Waals surface area contributed by atoms with E-state index in [0.717, 1.165) is 0 Å². The fourth-order valence-electron chi connectivity index (χ4n) is 2.76. The van der Waals surface area contributed by atoms with Crippen LogP contribution in [0.3, 0.4) is 0 Å². The summed E-state index contributed by atoms with van der Waals surface area (Å²) in [5.41, 5.74) is 0.824. The predicted molar refractivity (Wildman–Crippen MR) is 107 cm³/mol. The van der Waals surface area contributed by atoms with Crippen LogP contribution < -0.4 is 15.4 Å². The van der Waals surface area contributed by atoms with E-state index in [1.807, 2.05) is 0 Å². The van der Waals surface area contributed by atoms with Crippen LogP contribution in [0.25, 0.3) is 0 Å². The fourth-order valence-corrected chi connectivity index (χ4v) is 2.76. The van der Waals surface area contributed by atoms with Crippen LogP contribution in [0.15, 0.2) is 42.5 Å². The molecule has 2 amide bonds. The number of ether oxygens (including phenoxy) is 2. The Morgan fingerprint density at radius 1 is 1.13 bits per heavy atom. The van der Waals surface area contributed by atoms with E-state index in [9.17, 15) is 24.5 Å². The SMILES string of the molecule is COC(=O)[C@@H](Cc1ccc(OC)c([N+](=O)[O-])c1)NC(=O)c1cccc(NC(C)=O)c1. The number of esters is 1. The van der Waals surface area contributed by atoms with Crippen molar-refractivity contribution >= 4 is 29.2 Å². The lowest BCUT2D eigenvalue weighted by Crippen LogP contribution is -2.43. The zero-order valence-electron chi connectivity index (χ0n) is 16.6. The van der Waals surface area contributed by atoms with E-state index in [2.05, 4.69) is 10.6 Å². The van der Waals surface area contributed by atoms with Crippen molar-refractivity contribution in [3.8, 4) is 5.75 Å². The Morgan fingerprint density at radius 2 is 1.87 bits per heavy atom. The topological polar surface area (TPSA) is 137 Å². The number of carbonyl (C=O) groups is 3. The lowest BCUT2D eigenvalue weighted by Gasteiger charge is -2.17. The first-order chi connectivity index (χ1) is 14.2. The number of nitro groups is 1. The highest BCUT2D eigenvalue weighted by molar-refractivity contribution is 5.98. The van der Waals surface area contributed by atoms with E-state index in [1.165, 1.54) is 45.4 Å². The predicted octanol–water partition coefficient (Wildman–Crippen LogP) is 2.08. The average molecular weight is 415 g/mol. The summed E-state index contributed by atoms with van der Waals surface area (Å²) < 4.78 is 9.71. The first kappa shape index (κ1) is 22.3. The first-order valence-electron chi connectivity index (χ1n) is 8.82. The molecular formula is C20H21N3O7. The van der Waals surface area contributed by atoms with Crippen LogP contribution in [0.2, 0.25) is 0 Å². The maximum Gasteiger partial charge on any atom is 0.328 e. The van der Waals surface area contributed by atoms with Gasteiger partial charge in [-0.2, -0.15) is 0 Å². The van der Waals surface area contributed by atoms with E-state index in [-0.39, 0.29) is 29.3 Å². The molecule has 10 nitrogen and oxygen atoms in total. The van der Waals surface area contributed by atoms with Crippen LogP contribution in [-0.2, 0) is 20.7 Å². The minimum atomic E-state index is -1.08. The molecule has 1 atom stereocenters.